The highest BCUT2D eigenvalue weighted by Gasteiger charge is 2.36. The number of aromatic nitrogens is 1. The van der Waals surface area contributed by atoms with Gasteiger partial charge in [0.25, 0.3) is 0 Å². The molecule has 32 heavy (non-hydrogen) atoms. The molecular formula is C24H26N2O5S. The molecule has 0 spiro atoms. The Balaban J connectivity index is 1.71. The molecule has 0 unspecified atom stereocenters. The second kappa shape index (κ2) is 7.00. The summed E-state index contributed by atoms with van der Waals surface area (Å²) < 4.78 is 36.5. The Morgan fingerprint density at radius 1 is 1.03 bits per heavy atom. The summed E-state index contributed by atoms with van der Waals surface area (Å²) in [6.07, 6.45) is 2.94. The predicted octanol–water partition coefficient (Wildman–Crippen LogP) is 4.67. The number of sulfone groups is 1. The summed E-state index contributed by atoms with van der Waals surface area (Å²) in [6.45, 7) is 6.08. The van der Waals surface area contributed by atoms with Gasteiger partial charge in [0.15, 0.2) is 21.3 Å². The molecule has 0 bridgehead atoms. The van der Waals surface area contributed by atoms with Gasteiger partial charge in [0.2, 0.25) is 12.7 Å². The maximum Gasteiger partial charge on any atom is 0.234 e. The van der Waals surface area contributed by atoms with Crippen molar-refractivity contribution in [3.05, 3.63) is 42.1 Å². The fourth-order valence-electron chi connectivity index (χ4n) is 4.15. The first-order chi connectivity index (χ1) is 15.0. The summed E-state index contributed by atoms with van der Waals surface area (Å²) >= 11 is 0. The Kier molecular flexibility index (Phi) is 4.57. The molecule has 0 radical (unpaired) electrons. The molecule has 5 rings (SSSR count). The van der Waals surface area contributed by atoms with Gasteiger partial charge in [-0.05, 0) is 43.2 Å². The molecule has 1 N–H and O–H groups in total. The van der Waals surface area contributed by atoms with Crippen LogP contribution in [0.5, 0.6) is 11.5 Å². The van der Waals surface area contributed by atoms with Crippen molar-refractivity contribution in [2.75, 3.05) is 17.9 Å². The van der Waals surface area contributed by atoms with Gasteiger partial charge in [0.05, 0.1) is 10.6 Å². The summed E-state index contributed by atoms with van der Waals surface area (Å²) in [6, 6.07) is 10.9. The number of benzene rings is 2. The first-order valence-electron chi connectivity index (χ1n) is 10.6. The van der Waals surface area contributed by atoms with Crippen LogP contribution >= 0.6 is 0 Å². The van der Waals surface area contributed by atoms with Crippen LogP contribution in [-0.2, 0) is 20.0 Å². The Labute approximate surface area is 187 Å². The molecule has 8 heteroatoms. The minimum absolute atomic E-state index is 0.00398. The lowest BCUT2D eigenvalue weighted by molar-refractivity contribution is -0.119. The Hall–Kier alpha value is -3.00. The van der Waals surface area contributed by atoms with Crippen LogP contribution in [-0.4, -0.2) is 32.4 Å². The van der Waals surface area contributed by atoms with E-state index in [1.807, 2.05) is 39.0 Å². The summed E-state index contributed by atoms with van der Waals surface area (Å²) in [5.41, 5.74) is 2.29. The minimum atomic E-state index is -3.51. The van der Waals surface area contributed by atoms with E-state index in [0.717, 1.165) is 18.4 Å². The Bertz CT molecular complexity index is 1350. The number of amides is 1. The average Bonchev–Trinajstić information content (AvgIpc) is 3.31. The second-order valence-corrected chi connectivity index (χ2v) is 11.5. The van der Waals surface area contributed by atoms with Gasteiger partial charge in [-0.25, -0.2) is 8.42 Å². The van der Waals surface area contributed by atoms with Crippen LogP contribution in [0.4, 0.5) is 11.4 Å². The zero-order chi connectivity index (χ0) is 22.8. The van der Waals surface area contributed by atoms with E-state index in [1.54, 1.807) is 23.1 Å². The summed E-state index contributed by atoms with van der Waals surface area (Å²) in [7, 11) is -3.51. The number of rotatable bonds is 4. The molecule has 1 aliphatic heterocycles. The zero-order valence-corrected chi connectivity index (χ0v) is 19.4. The largest absolute Gasteiger partial charge is 0.454 e. The van der Waals surface area contributed by atoms with Crippen LogP contribution < -0.4 is 14.4 Å². The summed E-state index contributed by atoms with van der Waals surface area (Å²) in [5.74, 6) is 1.20. The lowest BCUT2D eigenvalue weighted by Crippen LogP contribution is -2.27. The van der Waals surface area contributed by atoms with E-state index >= 15 is 0 Å². The van der Waals surface area contributed by atoms with E-state index in [1.165, 1.54) is 6.26 Å². The first kappa shape index (κ1) is 20.9. The fraction of sp³-hybridized carbons (Fsp3) is 0.375. The van der Waals surface area contributed by atoms with E-state index in [2.05, 4.69) is 4.98 Å². The van der Waals surface area contributed by atoms with Crippen molar-refractivity contribution >= 4 is 38.0 Å². The predicted molar refractivity (Wildman–Crippen MR) is 123 cm³/mol. The highest BCUT2D eigenvalue weighted by molar-refractivity contribution is 7.91. The maximum absolute atomic E-state index is 13.3. The number of hydrogen-bond acceptors (Lipinski definition) is 5. The van der Waals surface area contributed by atoms with Crippen LogP contribution in [0.3, 0.4) is 0 Å². The van der Waals surface area contributed by atoms with E-state index in [-0.39, 0.29) is 23.5 Å². The number of hydrogen-bond donors (Lipinski definition) is 1. The van der Waals surface area contributed by atoms with Crippen LogP contribution in [0.2, 0.25) is 0 Å². The van der Waals surface area contributed by atoms with Gasteiger partial charge in [0, 0.05) is 45.9 Å². The number of nitrogens with zero attached hydrogens (tertiary/aromatic N) is 1. The quantitative estimate of drug-likeness (QED) is 0.619. The molecule has 0 atom stereocenters. The molecule has 1 saturated carbocycles. The SMILES string of the molecule is CC(C)(C)c1[nH]c2ccc(N(C(=O)C3CC3)c3ccc4c(c3)OCO4)cc2c1S(C)(=O)=O. The van der Waals surface area contributed by atoms with E-state index in [9.17, 15) is 13.2 Å². The highest BCUT2D eigenvalue weighted by atomic mass is 32.2. The van der Waals surface area contributed by atoms with Gasteiger partial charge in [-0.3, -0.25) is 9.69 Å². The molecule has 2 aromatic carbocycles. The van der Waals surface area contributed by atoms with E-state index in [4.69, 9.17) is 9.47 Å². The third-order valence-electron chi connectivity index (χ3n) is 5.87. The molecule has 7 nitrogen and oxygen atoms in total. The monoisotopic (exact) mass is 454 g/mol. The summed E-state index contributed by atoms with van der Waals surface area (Å²) in [5, 5.41) is 0.587. The van der Waals surface area contributed by atoms with Crippen molar-refractivity contribution in [3.8, 4) is 11.5 Å². The number of nitrogens with one attached hydrogen (secondary N) is 1. The third kappa shape index (κ3) is 3.52. The molecule has 1 amide bonds. The number of carbonyl (C=O) groups excluding carboxylic acids is 1. The number of ether oxygens (including phenoxy) is 2. The number of anilines is 2. The van der Waals surface area contributed by atoms with Crippen LogP contribution in [0, 0.1) is 5.92 Å². The summed E-state index contributed by atoms with van der Waals surface area (Å²) in [4.78, 5) is 18.6. The molecule has 1 aliphatic carbocycles. The molecule has 1 fully saturated rings. The molecule has 1 aromatic heterocycles. The van der Waals surface area contributed by atoms with Crippen molar-refractivity contribution in [3.63, 3.8) is 0 Å². The Morgan fingerprint density at radius 2 is 1.69 bits per heavy atom. The number of aromatic amines is 1. The van der Waals surface area contributed by atoms with Crippen LogP contribution in [0.25, 0.3) is 10.9 Å². The third-order valence-corrected chi connectivity index (χ3v) is 7.04. The number of fused-ring (bicyclic) bond motifs is 2. The molecule has 0 saturated heterocycles. The number of H-pyrrole nitrogens is 1. The van der Waals surface area contributed by atoms with E-state index in [0.29, 0.717) is 34.0 Å². The number of carbonyl (C=O) groups is 1. The van der Waals surface area contributed by atoms with Gasteiger partial charge >= 0.3 is 0 Å². The van der Waals surface area contributed by atoms with Gasteiger partial charge in [0.1, 0.15) is 0 Å². The first-order valence-corrected chi connectivity index (χ1v) is 12.5. The van der Waals surface area contributed by atoms with Crippen molar-refractivity contribution < 1.29 is 22.7 Å². The molecular weight excluding hydrogens is 428 g/mol. The standard InChI is InChI=1S/C24H26N2O5S/c1-24(2,3)22-21(32(4,28)29)17-11-15(7-9-18(17)25-22)26(23(27)14-5-6-14)16-8-10-19-20(12-16)31-13-30-19/h7-12,14,25H,5-6,13H2,1-4H3. The zero-order valence-electron chi connectivity index (χ0n) is 18.6. The Morgan fingerprint density at radius 3 is 2.34 bits per heavy atom. The molecule has 2 heterocycles. The minimum Gasteiger partial charge on any atom is -0.454 e. The maximum atomic E-state index is 13.3. The van der Waals surface area contributed by atoms with Crippen LogP contribution in [0.15, 0.2) is 41.3 Å². The molecule has 3 aromatic rings. The van der Waals surface area contributed by atoms with Crippen LogP contribution in [0.1, 0.15) is 39.3 Å². The topological polar surface area (TPSA) is 88.7 Å². The lowest BCUT2D eigenvalue weighted by atomic mass is 9.92. The smallest absolute Gasteiger partial charge is 0.234 e. The van der Waals surface area contributed by atoms with Crippen molar-refractivity contribution in [1.82, 2.24) is 4.98 Å². The van der Waals surface area contributed by atoms with Crippen molar-refractivity contribution in [2.24, 2.45) is 5.92 Å². The van der Waals surface area contributed by atoms with E-state index < -0.39 is 15.3 Å². The lowest BCUT2D eigenvalue weighted by Gasteiger charge is -2.23. The van der Waals surface area contributed by atoms with Gasteiger partial charge < -0.3 is 14.5 Å². The van der Waals surface area contributed by atoms with Crippen molar-refractivity contribution in [1.29, 1.82) is 0 Å². The highest BCUT2D eigenvalue weighted by Crippen LogP contribution is 2.43. The van der Waals surface area contributed by atoms with Crippen molar-refractivity contribution in [2.45, 2.75) is 43.9 Å². The van der Waals surface area contributed by atoms with Gasteiger partial charge in [-0.2, -0.15) is 0 Å². The fourth-order valence-corrected chi connectivity index (χ4v) is 5.44. The second-order valence-electron chi connectivity index (χ2n) is 9.57. The normalized spacial score (nSPS) is 15.9. The van der Waals surface area contributed by atoms with Gasteiger partial charge in [-0.1, -0.05) is 20.8 Å². The average molecular weight is 455 g/mol. The molecule has 2 aliphatic rings. The van der Waals surface area contributed by atoms with Gasteiger partial charge in [-0.15, -0.1) is 0 Å². The molecule has 168 valence electrons.